The molecule has 2 rings (SSSR count). The summed E-state index contributed by atoms with van der Waals surface area (Å²) >= 11 is 0. The smallest absolute Gasteiger partial charge is 0.314 e. The van der Waals surface area contributed by atoms with E-state index in [1.165, 1.54) is 5.56 Å². The molecule has 0 aromatic heterocycles. The van der Waals surface area contributed by atoms with E-state index in [2.05, 4.69) is 10.6 Å². The second-order valence-electron chi connectivity index (χ2n) is 6.04. The van der Waals surface area contributed by atoms with Crippen molar-refractivity contribution in [3.8, 4) is 5.75 Å². The number of hydrogen-bond donors (Lipinski definition) is 2. The van der Waals surface area contributed by atoms with Gasteiger partial charge in [-0.15, -0.1) is 0 Å². The first kappa shape index (κ1) is 18.1. The highest BCUT2D eigenvalue weighted by Crippen LogP contribution is 2.11. The standard InChI is InChI=1S/C18H27N3O3/c1-15-6-8-16(9-7-15)24-14-4-11-20-18(23)19-10-3-13-21-12-2-5-17(21)22/h6-9H,2-5,10-14H2,1H3,(H2,19,20,23). The van der Waals surface area contributed by atoms with Gasteiger partial charge in [0.2, 0.25) is 5.91 Å². The van der Waals surface area contributed by atoms with Crippen LogP contribution in [0.5, 0.6) is 5.75 Å². The lowest BCUT2D eigenvalue weighted by Crippen LogP contribution is -2.38. The molecule has 0 bridgehead atoms. The van der Waals surface area contributed by atoms with Gasteiger partial charge in [-0.25, -0.2) is 4.79 Å². The Bertz CT molecular complexity index is 531. The predicted octanol–water partition coefficient (Wildman–Crippen LogP) is 2.08. The summed E-state index contributed by atoms with van der Waals surface area (Å²) in [5.41, 5.74) is 1.20. The van der Waals surface area contributed by atoms with Gasteiger partial charge in [-0.05, 0) is 38.3 Å². The monoisotopic (exact) mass is 333 g/mol. The summed E-state index contributed by atoms with van der Waals surface area (Å²) in [5, 5.41) is 5.61. The van der Waals surface area contributed by atoms with Gasteiger partial charge in [0.05, 0.1) is 6.61 Å². The van der Waals surface area contributed by atoms with Crippen molar-refractivity contribution in [2.45, 2.75) is 32.6 Å². The van der Waals surface area contributed by atoms with Crippen molar-refractivity contribution >= 4 is 11.9 Å². The average molecular weight is 333 g/mol. The van der Waals surface area contributed by atoms with Crippen molar-refractivity contribution in [2.75, 3.05) is 32.8 Å². The molecular formula is C18H27N3O3. The van der Waals surface area contributed by atoms with E-state index in [9.17, 15) is 9.59 Å². The van der Waals surface area contributed by atoms with Crippen LogP contribution < -0.4 is 15.4 Å². The van der Waals surface area contributed by atoms with Gasteiger partial charge in [0.15, 0.2) is 0 Å². The van der Waals surface area contributed by atoms with Crippen LogP contribution in [-0.4, -0.2) is 49.6 Å². The molecule has 24 heavy (non-hydrogen) atoms. The number of aryl methyl sites for hydroxylation is 1. The highest BCUT2D eigenvalue weighted by molar-refractivity contribution is 5.78. The molecule has 0 aliphatic carbocycles. The Labute approximate surface area is 143 Å². The maximum atomic E-state index is 11.6. The molecule has 132 valence electrons. The van der Waals surface area contributed by atoms with E-state index in [-0.39, 0.29) is 11.9 Å². The third-order valence-electron chi connectivity index (χ3n) is 3.96. The molecule has 1 aliphatic heterocycles. The van der Waals surface area contributed by atoms with Crippen LogP contribution in [0.3, 0.4) is 0 Å². The Morgan fingerprint density at radius 1 is 1.17 bits per heavy atom. The van der Waals surface area contributed by atoms with E-state index >= 15 is 0 Å². The molecule has 1 aromatic rings. The Kier molecular flexibility index (Phi) is 7.39. The second-order valence-corrected chi connectivity index (χ2v) is 6.04. The first-order chi connectivity index (χ1) is 11.6. The molecule has 0 spiro atoms. The first-order valence-corrected chi connectivity index (χ1v) is 8.64. The molecule has 6 heteroatoms. The normalized spacial score (nSPS) is 13.9. The number of carbonyl (C=O) groups is 2. The summed E-state index contributed by atoms with van der Waals surface area (Å²) < 4.78 is 5.60. The number of hydrogen-bond acceptors (Lipinski definition) is 3. The molecule has 0 saturated carbocycles. The van der Waals surface area contributed by atoms with Gasteiger partial charge in [0.1, 0.15) is 5.75 Å². The quantitative estimate of drug-likeness (QED) is 0.680. The maximum absolute atomic E-state index is 11.6. The lowest BCUT2D eigenvalue weighted by atomic mass is 10.2. The van der Waals surface area contributed by atoms with Gasteiger partial charge in [-0.3, -0.25) is 4.79 Å². The summed E-state index contributed by atoms with van der Waals surface area (Å²) in [4.78, 5) is 24.9. The number of amides is 3. The minimum absolute atomic E-state index is 0.168. The predicted molar refractivity (Wildman–Crippen MR) is 93.1 cm³/mol. The highest BCUT2D eigenvalue weighted by atomic mass is 16.5. The molecule has 1 saturated heterocycles. The van der Waals surface area contributed by atoms with E-state index in [1.54, 1.807) is 0 Å². The van der Waals surface area contributed by atoms with E-state index in [0.717, 1.165) is 38.1 Å². The van der Waals surface area contributed by atoms with E-state index in [0.29, 0.717) is 26.1 Å². The number of nitrogens with zero attached hydrogens (tertiary/aromatic N) is 1. The van der Waals surface area contributed by atoms with Crippen molar-refractivity contribution < 1.29 is 14.3 Å². The summed E-state index contributed by atoms with van der Waals surface area (Å²) in [6, 6.07) is 7.74. The zero-order valence-electron chi connectivity index (χ0n) is 14.3. The van der Waals surface area contributed by atoms with Gasteiger partial charge in [-0.1, -0.05) is 17.7 Å². The van der Waals surface area contributed by atoms with Crippen LogP contribution in [-0.2, 0) is 4.79 Å². The lowest BCUT2D eigenvalue weighted by molar-refractivity contribution is -0.127. The van der Waals surface area contributed by atoms with Gasteiger partial charge in [-0.2, -0.15) is 0 Å². The van der Waals surface area contributed by atoms with Crippen LogP contribution in [0.1, 0.15) is 31.2 Å². The van der Waals surface area contributed by atoms with Crippen molar-refractivity contribution in [1.29, 1.82) is 0 Å². The molecule has 1 aromatic carbocycles. The Balaban J connectivity index is 1.44. The number of urea groups is 1. The van der Waals surface area contributed by atoms with Crippen molar-refractivity contribution in [3.05, 3.63) is 29.8 Å². The Morgan fingerprint density at radius 2 is 1.88 bits per heavy atom. The number of rotatable bonds is 9. The summed E-state index contributed by atoms with van der Waals surface area (Å²) in [7, 11) is 0. The molecule has 0 atom stereocenters. The second kappa shape index (κ2) is 9.80. The van der Waals surface area contributed by atoms with Crippen LogP contribution in [0, 0.1) is 6.92 Å². The van der Waals surface area contributed by atoms with Crippen molar-refractivity contribution in [1.82, 2.24) is 15.5 Å². The molecule has 1 heterocycles. The molecular weight excluding hydrogens is 306 g/mol. The number of benzene rings is 1. The average Bonchev–Trinajstić information content (AvgIpc) is 2.98. The zero-order chi connectivity index (χ0) is 17.2. The minimum Gasteiger partial charge on any atom is -0.494 e. The number of likely N-dealkylation sites (tertiary alicyclic amines) is 1. The number of nitrogens with one attached hydrogen (secondary N) is 2. The molecule has 6 nitrogen and oxygen atoms in total. The molecule has 3 amide bonds. The molecule has 2 N–H and O–H groups in total. The molecule has 1 aliphatic rings. The number of ether oxygens (including phenoxy) is 1. The molecule has 1 fully saturated rings. The lowest BCUT2D eigenvalue weighted by Gasteiger charge is -2.15. The third-order valence-corrected chi connectivity index (χ3v) is 3.96. The first-order valence-electron chi connectivity index (χ1n) is 8.64. The van der Waals surface area contributed by atoms with E-state index in [1.807, 2.05) is 36.1 Å². The largest absolute Gasteiger partial charge is 0.494 e. The summed E-state index contributed by atoms with van der Waals surface area (Å²) in [5.74, 6) is 1.08. The SMILES string of the molecule is Cc1ccc(OCCCNC(=O)NCCCN2CCCC2=O)cc1. The topological polar surface area (TPSA) is 70.7 Å². The Hall–Kier alpha value is -2.24. The van der Waals surface area contributed by atoms with E-state index < -0.39 is 0 Å². The van der Waals surface area contributed by atoms with Crippen LogP contribution in [0.25, 0.3) is 0 Å². The summed E-state index contributed by atoms with van der Waals surface area (Å²) in [6.45, 7) is 5.34. The fourth-order valence-corrected chi connectivity index (χ4v) is 2.57. The van der Waals surface area contributed by atoms with Gasteiger partial charge >= 0.3 is 6.03 Å². The zero-order valence-corrected chi connectivity index (χ0v) is 14.3. The van der Waals surface area contributed by atoms with E-state index in [4.69, 9.17) is 4.74 Å². The van der Waals surface area contributed by atoms with Gasteiger partial charge < -0.3 is 20.3 Å². The van der Waals surface area contributed by atoms with Crippen LogP contribution in [0.15, 0.2) is 24.3 Å². The summed E-state index contributed by atoms with van der Waals surface area (Å²) in [6.07, 6.45) is 3.16. The minimum atomic E-state index is -0.168. The van der Waals surface area contributed by atoms with Gasteiger partial charge in [0, 0.05) is 32.6 Å². The fraction of sp³-hybridized carbons (Fsp3) is 0.556. The van der Waals surface area contributed by atoms with Gasteiger partial charge in [0.25, 0.3) is 0 Å². The number of carbonyl (C=O) groups excluding carboxylic acids is 2. The molecule has 0 unspecified atom stereocenters. The molecule has 0 radical (unpaired) electrons. The fourth-order valence-electron chi connectivity index (χ4n) is 2.57. The van der Waals surface area contributed by atoms with Crippen LogP contribution >= 0.6 is 0 Å². The van der Waals surface area contributed by atoms with Crippen molar-refractivity contribution in [3.63, 3.8) is 0 Å². The third kappa shape index (κ3) is 6.48. The maximum Gasteiger partial charge on any atom is 0.314 e. The van der Waals surface area contributed by atoms with Crippen LogP contribution in [0.4, 0.5) is 4.79 Å². The highest BCUT2D eigenvalue weighted by Gasteiger charge is 2.18. The Morgan fingerprint density at radius 3 is 2.54 bits per heavy atom. The van der Waals surface area contributed by atoms with Crippen molar-refractivity contribution in [2.24, 2.45) is 0 Å². The van der Waals surface area contributed by atoms with Crippen LogP contribution in [0.2, 0.25) is 0 Å².